The number of hydrogen-bond acceptors (Lipinski definition) is 6. The molecule has 2 saturated heterocycles. The van der Waals surface area contributed by atoms with Crippen molar-refractivity contribution in [1.82, 2.24) is 28.7 Å². The van der Waals surface area contributed by atoms with Crippen LogP contribution in [0.15, 0.2) is 68.0 Å². The Kier molecular flexibility index (Phi) is 7.89. The number of likely N-dealkylation sites (N-methyl/N-ethyl adjacent to an activating group) is 1. The lowest BCUT2D eigenvalue weighted by Crippen LogP contribution is -2.41. The van der Waals surface area contributed by atoms with Crippen LogP contribution < -0.4 is 11.2 Å². The molecule has 0 amide bonds. The number of piperidine rings is 1. The second-order valence-corrected chi connectivity index (χ2v) is 12.5. The van der Waals surface area contributed by atoms with E-state index in [1.165, 1.54) is 53.9 Å². The third-order valence-corrected chi connectivity index (χ3v) is 9.86. The zero-order valence-corrected chi connectivity index (χ0v) is 24.7. The summed E-state index contributed by atoms with van der Waals surface area (Å²) >= 11 is 1.37. The minimum Gasteiger partial charge on any atom is -0.302 e. The monoisotopic (exact) mass is 576 g/mol. The second-order valence-electron chi connectivity index (χ2n) is 11.5. The van der Waals surface area contributed by atoms with Crippen molar-refractivity contribution in [1.29, 1.82) is 0 Å². The number of aromatic nitrogens is 4. The summed E-state index contributed by atoms with van der Waals surface area (Å²) in [5, 5.41) is 5.99. The summed E-state index contributed by atoms with van der Waals surface area (Å²) < 4.78 is 18.4. The molecule has 41 heavy (non-hydrogen) atoms. The van der Waals surface area contributed by atoms with Crippen molar-refractivity contribution in [3.8, 4) is 0 Å². The quantitative estimate of drug-likeness (QED) is 0.323. The van der Waals surface area contributed by atoms with Crippen molar-refractivity contribution < 1.29 is 4.39 Å². The fourth-order valence-corrected chi connectivity index (χ4v) is 7.25. The summed E-state index contributed by atoms with van der Waals surface area (Å²) in [6, 6.07) is 15.5. The van der Waals surface area contributed by atoms with Gasteiger partial charge in [-0.25, -0.2) is 9.18 Å². The average Bonchev–Trinajstić information content (AvgIpc) is 3.54. The third-order valence-electron chi connectivity index (χ3n) is 8.74. The fourth-order valence-electron chi connectivity index (χ4n) is 6.26. The van der Waals surface area contributed by atoms with Gasteiger partial charge in [0.2, 0.25) is 0 Å². The van der Waals surface area contributed by atoms with Gasteiger partial charge in [0, 0.05) is 30.6 Å². The van der Waals surface area contributed by atoms with Gasteiger partial charge in [-0.1, -0.05) is 42.4 Å². The summed E-state index contributed by atoms with van der Waals surface area (Å²) in [5.41, 5.74) is 2.05. The molecule has 0 saturated carbocycles. The van der Waals surface area contributed by atoms with Crippen LogP contribution in [-0.4, -0.2) is 61.9 Å². The number of hydrogen-bond donors (Lipinski definition) is 0. The Balaban J connectivity index is 1.43. The van der Waals surface area contributed by atoms with Crippen LogP contribution in [0.3, 0.4) is 0 Å². The highest BCUT2D eigenvalue weighted by atomic mass is 32.2. The van der Waals surface area contributed by atoms with Crippen LogP contribution in [0.5, 0.6) is 0 Å². The van der Waals surface area contributed by atoms with Gasteiger partial charge >= 0.3 is 5.69 Å². The van der Waals surface area contributed by atoms with E-state index in [1.54, 1.807) is 16.7 Å². The number of fused-ring (bicyclic) bond motifs is 1. The van der Waals surface area contributed by atoms with Crippen LogP contribution in [0.4, 0.5) is 4.39 Å². The van der Waals surface area contributed by atoms with Gasteiger partial charge in [-0.05, 0) is 88.3 Å². The molecule has 0 aliphatic carbocycles. The van der Waals surface area contributed by atoms with Gasteiger partial charge in [0.05, 0.1) is 6.54 Å². The van der Waals surface area contributed by atoms with Gasteiger partial charge in [0.15, 0.2) is 5.65 Å². The third kappa shape index (κ3) is 5.52. The summed E-state index contributed by atoms with van der Waals surface area (Å²) in [6.45, 7) is 3.02. The molecule has 0 radical (unpaired) electrons. The number of benzene rings is 2. The normalized spacial score (nSPS) is 20.3. The topological polar surface area (TPSA) is 68.3 Å². The largest absolute Gasteiger partial charge is 0.332 e. The van der Waals surface area contributed by atoms with Gasteiger partial charge in [0.25, 0.3) is 5.56 Å². The van der Waals surface area contributed by atoms with E-state index in [0.29, 0.717) is 35.2 Å². The van der Waals surface area contributed by atoms with Crippen molar-refractivity contribution in [2.45, 2.75) is 67.2 Å². The predicted octanol–water partition coefficient (Wildman–Crippen LogP) is 4.49. The average molecular weight is 577 g/mol. The highest BCUT2D eigenvalue weighted by Gasteiger charge is 2.27. The molecule has 4 aromatic rings. The zero-order valence-electron chi connectivity index (χ0n) is 23.9. The molecule has 8 nitrogen and oxygen atoms in total. The molecule has 2 atom stereocenters. The molecule has 2 aromatic carbocycles. The Labute approximate surface area is 243 Å². The van der Waals surface area contributed by atoms with E-state index in [4.69, 9.17) is 5.10 Å². The fraction of sp³-hybridized carbons (Fsp3) is 0.452. The molecule has 4 heterocycles. The van der Waals surface area contributed by atoms with E-state index >= 15 is 0 Å². The highest BCUT2D eigenvalue weighted by Crippen LogP contribution is 2.34. The number of halogens is 1. The Hall–Kier alpha value is -3.21. The van der Waals surface area contributed by atoms with Crippen LogP contribution in [0.2, 0.25) is 0 Å². The lowest BCUT2D eigenvalue weighted by atomic mass is 9.95. The van der Waals surface area contributed by atoms with Crippen LogP contribution in [0.25, 0.3) is 11.0 Å². The molecule has 0 spiro atoms. The SMILES string of the molecule is CN1CCCC1Cn1c(=O)n(C)c(=O)c2c(Sc3ccc(F)cc3)n(Cc3ccc(C4CCCCN4C)cc3)nc21. The summed E-state index contributed by atoms with van der Waals surface area (Å²) in [4.78, 5) is 32.5. The molecule has 2 aliphatic rings. The van der Waals surface area contributed by atoms with E-state index in [0.717, 1.165) is 42.8 Å². The highest BCUT2D eigenvalue weighted by molar-refractivity contribution is 7.99. The van der Waals surface area contributed by atoms with Crippen molar-refractivity contribution in [3.63, 3.8) is 0 Å². The number of nitrogens with zero attached hydrogens (tertiary/aromatic N) is 6. The molecule has 2 aromatic heterocycles. The molecule has 10 heteroatoms. The van der Waals surface area contributed by atoms with E-state index < -0.39 is 0 Å². The molecular formula is C31H37FN6O2S. The van der Waals surface area contributed by atoms with Crippen molar-refractivity contribution >= 4 is 22.8 Å². The Morgan fingerprint density at radius 2 is 1.63 bits per heavy atom. The minimum atomic E-state index is -0.368. The lowest BCUT2D eigenvalue weighted by Gasteiger charge is -2.32. The smallest absolute Gasteiger partial charge is 0.302 e. The number of likely N-dealkylation sites (tertiary alicyclic amines) is 2. The van der Waals surface area contributed by atoms with Crippen LogP contribution in [-0.2, 0) is 20.1 Å². The first-order valence-corrected chi connectivity index (χ1v) is 15.2. The van der Waals surface area contributed by atoms with Gasteiger partial charge < -0.3 is 4.90 Å². The molecule has 6 rings (SSSR count). The maximum atomic E-state index is 13.7. The minimum absolute atomic E-state index is 0.206. The summed E-state index contributed by atoms with van der Waals surface area (Å²) in [7, 11) is 5.80. The van der Waals surface area contributed by atoms with E-state index in [1.807, 2.05) is 4.68 Å². The maximum Gasteiger partial charge on any atom is 0.332 e. The number of rotatable bonds is 7. The first kappa shape index (κ1) is 27.9. The predicted molar refractivity (Wildman–Crippen MR) is 160 cm³/mol. The van der Waals surface area contributed by atoms with Crippen molar-refractivity contribution in [3.05, 3.63) is 86.3 Å². The van der Waals surface area contributed by atoms with Crippen molar-refractivity contribution in [2.24, 2.45) is 7.05 Å². The molecule has 2 aliphatic heterocycles. The first-order chi connectivity index (χ1) is 19.8. The standard InChI is InChI=1S/C31H37FN6O2S/c1-34-18-6-7-24(34)20-37-28-27(29(39)36(3)31(37)40)30(41-25-15-13-23(32)14-16-25)38(33-28)19-21-9-11-22(12-10-21)26-8-4-5-17-35(26)2/h9-16,24,26H,4-8,17-20H2,1-3H3. The first-order valence-electron chi connectivity index (χ1n) is 14.4. The Morgan fingerprint density at radius 3 is 2.32 bits per heavy atom. The lowest BCUT2D eigenvalue weighted by molar-refractivity contribution is 0.187. The molecule has 0 N–H and O–H groups in total. The molecule has 2 fully saturated rings. The van der Waals surface area contributed by atoms with Gasteiger partial charge in [-0.2, -0.15) is 5.10 Å². The maximum absolute atomic E-state index is 13.7. The molecule has 2 unspecified atom stereocenters. The van der Waals surface area contributed by atoms with Crippen LogP contribution >= 0.6 is 11.8 Å². The molecule has 216 valence electrons. The van der Waals surface area contributed by atoms with Gasteiger partial charge in [-0.15, -0.1) is 0 Å². The summed E-state index contributed by atoms with van der Waals surface area (Å²) in [6.07, 6.45) is 5.73. The van der Waals surface area contributed by atoms with Crippen molar-refractivity contribution in [2.75, 3.05) is 27.2 Å². The van der Waals surface area contributed by atoms with E-state index in [9.17, 15) is 14.0 Å². The Bertz CT molecular complexity index is 1660. The van der Waals surface area contributed by atoms with E-state index in [-0.39, 0.29) is 23.1 Å². The molecular weight excluding hydrogens is 539 g/mol. The van der Waals surface area contributed by atoms with Crippen LogP contribution in [0.1, 0.15) is 49.3 Å². The van der Waals surface area contributed by atoms with Gasteiger partial charge in [0.1, 0.15) is 16.2 Å². The van der Waals surface area contributed by atoms with E-state index in [2.05, 4.69) is 48.2 Å². The van der Waals surface area contributed by atoms with Crippen LogP contribution in [0, 0.1) is 5.82 Å². The second kappa shape index (κ2) is 11.6. The Morgan fingerprint density at radius 1 is 0.902 bits per heavy atom. The summed E-state index contributed by atoms with van der Waals surface area (Å²) in [5.74, 6) is -0.318. The zero-order chi connectivity index (χ0) is 28.7. The van der Waals surface area contributed by atoms with Gasteiger partial charge in [-0.3, -0.25) is 23.5 Å². The molecule has 0 bridgehead atoms.